The predicted octanol–water partition coefficient (Wildman–Crippen LogP) is 7.63. The van der Waals surface area contributed by atoms with Crippen molar-refractivity contribution in [3.8, 4) is 22.3 Å². The molecule has 2 fully saturated rings. The molecular weight excluding hydrogens is 715 g/mol. The van der Waals surface area contributed by atoms with Crippen LogP contribution in [0.25, 0.3) is 34.4 Å². The minimum atomic E-state index is -3.17. The number of hydrogen-bond acceptors (Lipinski definition) is 0. The summed E-state index contributed by atoms with van der Waals surface area (Å²) in [6.45, 7) is 19.4. The predicted molar refractivity (Wildman–Crippen MR) is 200 cm³/mol. The zero-order chi connectivity index (χ0) is 32.9. The van der Waals surface area contributed by atoms with Gasteiger partial charge in [-0.05, 0) is 0 Å². The summed E-state index contributed by atoms with van der Waals surface area (Å²) >= 11 is -3.17. The number of rotatable bonds is 4. The quantitative estimate of drug-likeness (QED) is 0.201. The van der Waals surface area contributed by atoms with Gasteiger partial charge in [-0.3, -0.25) is 0 Å². The molecule has 4 unspecified atom stereocenters. The summed E-state index contributed by atoms with van der Waals surface area (Å²) < 4.78 is 3.19. The molecule has 1 heterocycles. The number of fused-ring (bicyclic) bond motifs is 3. The second-order valence-corrected chi connectivity index (χ2v) is 28.8. The van der Waals surface area contributed by atoms with E-state index in [0.717, 1.165) is 7.25 Å². The van der Waals surface area contributed by atoms with Crippen LogP contribution in [0.2, 0.25) is 7.25 Å². The van der Waals surface area contributed by atoms with Gasteiger partial charge in [0.15, 0.2) is 0 Å². The normalized spacial score (nSPS) is 23.9. The number of hydrogen-bond donors (Lipinski definition) is 0. The molecule has 0 N–H and O–H groups in total. The van der Waals surface area contributed by atoms with E-state index < -0.39 is 20.3 Å². The summed E-state index contributed by atoms with van der Waals surface area (Å²) in [5, 5.41) is 0. The van der Waals surface area contributed by atoms with Crippen molar-refractivity contribution >= 4 is 12.2 Å². The van der Waals surface area contributed by atoms with Crippen LogP contribution in [0.3, 0.4) is 0 Å². The van der Waals surface area contributed by atoms with Crippen molar-refractivity contribution in [1.82, 2.24) is 0 Å². The van der Waals surface area contributed by atoms with Gasteiger partial charge in [0, 0.05) is 0 Å². The van der Waals surface area contributed by atoms with Crippen LogP contribution >= 0.6 is 0 Å². The summed E-state index contributed by atoms with van der Waals surface area (Å²) in [4.78, 5) is 0. The summed E-state index contributed by atoms with van der Waals surface area (Å²) in [5.41, 5.74) is 18.4. The third-order valence-corrected chi connectivity index (χ3v) is 29.3. The summed E-state index contributed by atoms with van der Waals surface area (Å²) in [6, 6.07) is 33.2. The number of allylic oxidation sites excluding steroid dienone is 2. The van der Waals surface area contributed by atoms with E-state index in [9.17, 15) is 0 Å². The van der Waals surface area contributed by atoms with Gasteiger partial charge < -0.3 is 24.8 Å². The molecule has 3 heteroatoms. The molecule has 8 rings (SSSR count). The third kappa shape index (κ3) is 5.83. The fourth-order valence-corrected chi connectivity index (χ4v) is 34.5. The van der Waals surface area contributed by atoms with Crippen molar-refractivity contribution in [2.75, 3.05) is 0 Å². The van der Waals surface area contributed by atoms with Crippen LogP contribution < -0.4 is 24.8 Å². The number of halogens is 2. The van der Waals surface area contributed by atoms with E-state index in [1.54, 1.807) is 22.3 Å². The van der Waals surface area contributed by atoms with Crippen molar-refractivity contribution in [3.63, 3.8) is 0 Å². The van der Waals surface area contributed by atoms with Gasteiger partial charge in [-0.15, -0.1) is 0 Å². The molecule has 3 aliphatic carbocycles. The Labute approximate surface area is 313 Å². The molecule has 4 aromatic rings. The van der Waals surface area contributed by atoms with Crippen LogP contribution in [0, 0.1) is 24.7 Å². The Morgan fingerprint density at radius 2 is 0.878 bits per heavy atom. The van der Waals surface area contributed by atoms with Gasteiger partial charge in [-0.25, -0.2) is 0 Å². The minimum Gasteiger partial charge on any atom is -1.00 e. The topological polar surface area (TPSA) is 0 Å². The van der Waals surface area contributed by atoms with E-state index in [-0.39, 0.29) is 35.6 Å². The third-order valence-electron chi connectivity index (χ3n) is 12.5. The van der Waals surface area contributed by atoms with Gasteiger partial charge in [-0.1, -0.05) is 0 Å². The molecule has 0 spiro atoms. The zero-order valence-corrected chi connectivity index (χ0v) is 34.6. The van der Waals surface area contributed by atoms with Crippen LogP contribution in [0.15, 0.2) is 96.1 Å². The van der Waals surface area contributed by atoms with Crippen molar-refractivity contribution in [2.24, 2.45) is 10.8 Å². The molecule has 1 saturated carbocycles. The molecular formula is C46H52Cl2Zr. The standard InChI is InChI=1S/2C20H21.C6H10.2ClH.Zr/c2*1-14-8-10-15(11-9-14)18-7-5-6-16-12-17(13-19(16)18)20(2,3)4;1-2-4-6-5-3-1;;;/h2*5-13H,1-4H3;1-2H,3-6H2;2*1H;/q;;;;;+2/p-2. The number of benzene rings is 4. The maximum absolute atomic E-state index is 3.17. The average molecular weight is 767 g/mol. The van der Waals surface area contributed by atoms with Crippen molar-refractivity contribution in [3.05, 3.63) is 129 Å². The van der Waals surface area contributed by atoms with Crippen molar-refractivity contribution < 1.29 is 45.1 Å². The first-order valence-electron chi connectivity index (χ1n) is 18.2. The Morgan fingerprint density at radius 3 is 1.22 bits per heavy atom. The zero-order valence-electron chi connectivity index (χ0n) is 30.6. The molecule has 4 aliphatic rings. The smallest absolute Gasteiger partial charge is 1.00 e. The van der Waals surface area contributed by atoms with E-state index >= 15 is 0 Å². The summed E-state index contributed by atoms with van der Waals surface area (Å²) in [6.07, 6.45) is 11.2. The Morgan fingerprint density at radius 1 is 0.510 bits per heavy atom. The molecule has 4 aromatic carbocycles. The van der Waals surface area contributed by atoms with E-state index in [2.05, 4.69) is 152 Å². The maximum Gasteiger partial charge on any atom is -1.00 e. The minimum absolute atomic E-state index is 0. The molecule has 254 valence electrons. The van der Waals surface area contributed by atoms with E-state index in [1.807, 2.05) is 0 Å². The SMILES string of the molecule is Cc1ccc(-c2cccc3c2C=C(C(C)(C)C)[CH]3[Zr+2]2([CH]3C(C(C)(C)C)=Cc4c(-c5ccc(C)cc5)cccc43)[CH]3CCCC[CH]32)cc1.[Cl-].[Cl-]. The van der Waals surface area contributed by atoms with Crippen LogP contribution in [0.4, 0.5) is 0 Å². The number of aryl methyl sites for hydroxylation is 2. The fraction of sp³-hybridized carbons (Fsp3) is 0.391. The molecule has 0 amide bonds. The molecule has 0 aromatic heterocycles. The second kappa shape index (κ2) is 13.1. The van der Waals surface area contributed by atoms with Gasteiger partial charge in [0.2, 0.25) is 0 Å². The second-order valence-electron chi connectivity index (χ2n) is 17.4. The molecule has 0 bridgehead atoms. The van der Waals surface area contributed by atoms with Gasteiger partial charge in [0.05, 0.1) is 0 Å². The van der Waals surface area contributed by atoms with Gasteiger partial charge in [0.25, 0.3) is 0 Å². The van der Waals surface area contributed by atoms with Crippen LogP contribution in [-0.2, 0) is 20.3 Å². The first kappa shape index (κ1) is 36.6. The molecule has 49 heavy (non-hydrogen) atoms. The van der Waals surface area contributed by atoms with Crippen LogP contribution in [0.1, 0.15) is 108 Å². The van der Waals surface area contributed by atoms with E-state index in [0.29, 0.717) is 7.25 Å². The van der Waals surface area contributed by atoms with Gasteiger partial charge >= 0.3 is 291 Å². The summed E-state index contributed by atoms with van der Waals surface area (Å²) in [5.74, 6) is 0. The van der Waals surface area contributed by atoms with E-state index in [4.69, 9.17) is 0 Å². The Bertz CT molecular complexity index is 1790. The monoisotopic (exact) mass is 764 g/mol. The molecule has 0 nitrogen and oxygen atoms in total. The van der Waals surface area contributed by atoms with Crippen LogP contribution in [0.5, 0.6) is 0 Å². The fourth-order valence-electron chi connectivity index (χ4n) is 10.4. The largest absolute Gasteiger partial charge is 1.00 e. The van der Waals surface area contributed by atoms with Gasteiger partial charge in [-0.2, -0.15) is 0 Å². The summed E-state index contributed by atoms with van der Waals surface area (Å²) in [7, 11) is 0. The molecule has 0 radical (unpaired) electrons. The van der Waals surface area contributed by atoms with Crippen molar-refractivity contribution in [1.29, 1.82) is 0 Å². The Kier molecular flexibility index (Phi) is 9.79. The Balaban J connectivity index is 0.00000208. The maximum atomic E-state index is 2.71. The first-order chi connectivity index (χ1) is 22.4. The molecule has 4 atom stereocenters. The van der Waals surface area contributed by atoms with E-state index in [1.165, 1.54) is 70.2 Å². The van der Waals surface area contributed by atoms with Gasteiger partial charge in [0.1, 0.15) is 0 Å². The van der Waals surface area contributed by atoms with Crippen molar-refractivity contribution in [2.45, 2.75) is 95.6 Å². The average Bonchev–Trinajstić information content (AvgIpc) is 3.31. The molecule has 1 aliphatic heterocycles. The molecule has 1 saturated heterocycles. The Hall–Kier alpha value is -2.18. The first-order valence-corrected chi connectivity index (χ1v) is 23.9. The van der Waals surface area contributed by atoms with Crippen LogP contribution in [-0.4, -0.2) is 0 Å².